The van der Waals surface area contributed by atoms with Crippen molar-refractivity contribution < 1.29 is 27.1 Å². The van der Waals surface area contributed by atoms with Gasteiger partial charge in [0.25, 0.3) is 10.0 Å². The molecule has 0 saturated carbocycles. The predicted octanol–water partition coefficient (Wildman–Crippen LogP) is 6.74. The van der Waals surface area contributed by atoms with Crippen LogP contribution in [-0.2, 0) is 32.6 Å². The summed E-state index contributed by atoms with van der Waals surface area (Å²) in [5.41, 5.74) is 1.01. The van der Waals surface area contributed by atoms with Crippen LogP contribution in [0.25, 0.3) is 0 Å². The molecule has 1 atom stereocenters. The molecule has 0 bridgehead atoms. The molecule has 0 saturated heterocycles. The minimum absolute atomic E-state index is 0.0150. The van der Waals surface area contributed by atoms with Crippen LogP contribution in [0.15, 0.2) is 112 Å². The Hall–Kier alpha value is -4.22. The third-order valence-corrected chi connectivity index (χ3v) is 9.47. The van der Waals surface area contributed by atoms with E-state index in [2.05, 4.69) is 21.2 Å². The lowest BCUT2D eigenvalue weighted by Gasteiger charge is -2.35. The van der Waals surface area contributed by atoms with Crippen molar-refractivity contribution in [2.45, 2.75) is 57.1 Å². The van der Waals surface area contributed by atoms with E-state index in [0.717, 1.165) is 9.87 Å². The first-order valence-corrected chi connectivity index (χ1v) is 17.4. The minimum atomic E-state index is -4.26. The number of carbonyl (C=O) groups excluding carboxylic acids is 2. The Kier molecular flexibility index (Phi) is 11.8. The molecule has 11 heteroatoms. The van der Waals surface area contributed by atoms with Gasteiger partial charge in [-0.1, -0.05) is 58.4 Å². The second kappa shape index (κ2) is 15.6. The van der Waals surface area contributed by atoms with Gasteiger partial charge in [0.15, 0.2) is 0 Å². The van der Waals surface area contributed by atoms with E-state index in [-0.39, 0.29) is 23.5 Å². The molecule has 0 aromatic heterocycles. The molecule has 248 valence electrons. The third kappa shape index (κ3) is 9.89. The first kappa shape index (κ1) is 35.6. The van der Waals surface area contributed by atoms with Crippen LogP contribution in [0.2, 0.25) is 0 Å². The molecule has 47 heavy (non-hydrogen) atoms. The Bertz CT molecular complexity index is 1750. The number of anilines is 1. The fourth-order valence-electron chi connectivity index (χ4n) is 4.93. The normalized spacial score (nSPS) is 12.2. The Balaban J connectivity index is 1.81. The number of carbonyl (C=O) groups is 2. The highest BCUT2D eigenvalue weighted by molar-refractivity contribution is 9.10. The van der Waals surface area contributed by atoms with E-state index in [0.29, 0.717) is 22.4 Å². The molecule has 0 aliphatic heterocycles. The van der Waals surface area contributed by atoms with Crippen molar-refractivity contribution in [1.29, 1.82) is 0 Å². The van der Waals surface area contributed by atoms with Crippen molar-refractivity contribution >= 4 is 43.5 Å². The molecule has 1 N–H and O–H groups in total. The van der Waals surface area contributed by atoms with Crippen molar-refractivity contribution in [3.63, 3.8) is 0 Å². The van der Waals surface area contributed by atoms with E-state index in [1.165, 1.54) is 29.2 Å². The van der Waals surface area contributed by atoms with Crippen LogP contribution < -0.4 is 14.4 Å². The fourth-order valence-corrected chi connectivity index (χ4v) is 6.61. The molecule has 2 amide bonds. The summed E-state index contributed by atoms with van der Waals surface area (Å²) in [6, 6.07) is 26.5. The quantitative estimate of drug-likeness (QED) is 0.165. The van der Waals surface area contributed by atoms with Crippen molar-refractivity contribution in [2.24, 2.45) is 0 Å². The second-order valence-electron chi connectivity index (χ2n) is 12.0. The molecule has 4 aromatic rings. The van der Waals surface area contributed by atoms with E-state index in [1.54, 1.807) is 48.5 Å². The Morgan fingerprint density at radius 1 is 0.872 bits per heavy atom. The van der Waals surface area contributed by atoms with Gasteiger partial charge in [-0.25, -0.2) is 12.8 Å². The van der Waals surface area contributed by atoms with Crippen LogP contribution in [-0.4, -0.2) is 49.9 Å². The van der Waals surface area contributed by atoms with Crippen LogP contribution in [0.5, 0.6) is 5.75 Å². The van der Waals surface area contributed by atoms with Crippen LogP contribution in [0.1, 0.15) is 38.8 Å². The van der Waals surface area contributed by atoms with Gasteiger partial charge in [0.05, 0.1) is 17.2 Å². The average molecular weight is 725 g/mol. The lowest BCUT2D eigenvalue weighted by molar-refractivity contribution is -0.140. The zero-order chi connectivity index (χ0) is 34.2. The highest BCUT2D eigenvalue weighted by Gasteiger charge is 2.35. The van der Waals surface area contributed by atoms with Gasteiger partial charge in [-0.3, -0.25) is 13.9 Å². The monoisotopic (exact) mass is 723 g/mol. The summed E-state index contributed by atoms with van der Waals surface area (Å²) in [5.74, 6) is -0.919. The van der Waals surface area contributed by atoms with Gasteiger partial charge < -0.3 is 15.0 Å². The molecule has 0 radical (unpaired) electrons. The Morgan fingerprint density at radius 2 is 1.49 bits per heavy atom. The molecule has 0 spiro atoms. The van der Waals surface area contributed by atoms with E-state index >= 15 is 0 Å². The molecule has 4 aromatic carbocycles. The van der Waals surface area contributed by atoms with Crippen molar-refractivity contribution in [2.75, 3.05) is 17.5 Å². The van der Waals surface area contributed by atoms with Crippen LogP contribution in [0.4, 0.5) is 10.1 Å². The number of benzene rings is 4. The van der Waals surface area contributed by atoms with E-state index < -0.39 is 45.8 Å². The van der Waals surface area contributed by atoms with Crippen LogP contribution in [0.3, 0.4) is 0 Å². The van der Waals surface area contributed by atoms with Gasteiger partial charge in [-0.05, 0) is 99.5 Å². The van der Waals surface area contributed by atoms with Gasteiger partial charge in [-0.2, -0.15) is 0 Å². The maximum atomic E-state index is 14.5. The molecule has 0 fully saturated rings. The number of nitrogens with zero attached hydrogens (tertiary/aromatic N) is 2. The van der Waals surface area contributed by atoms with E-state index in [1.807, 2.05) is 58.0 Å². The summed E-state index contributed by atoms with van der Waals surface area (Å²) < 4.78 is 49.5. The number of ether oxygens (including phenoxy) is 1. The first-order chi connectivity index (χ1) is 22.3. The minimum Gasteiger partial charge on any atom is -0.494 e. The first-order valence-electron chi connectivity index (χ1n) is 15.2. The van der Waals surface area contributed by atoms with Crippen molar-refractivity contribution in [1.82, 2.24) is 10.2 Å². The van der Waals surface area contributed by atoms with Gasteiger partial charge in [0.1, 0.15) is 24.2 Å². The summed E-state index contributed by atoms with van der Waals surface area (Å²) in [5, 5.41) is 2.99. The smallest absolute Gasteiger partial charge is 0.264 e. The number of hydrogen-bond donors (Lipinski definition) is 1. The number of rotatable bonds is 13. The molecule has 1 unspecified atom stereocenters. The lowest BCUT2D eigenvalue weighted by Crippen LogP contribution is -2.56. The van der Waals surface area contributed by atoms with Crippen LogP contribution >= 0.6 is 15.9 Å². The van der Waals surface area contributed by atoms with Gasteiger partial charge in [0.2, 0.25) is 11.8 Å². The zero-order valence-corrected chi connectivity index (χ0v) is 29.2. The number of amides is 2. The standard InChI is InChI=1S/C36H39BrFN3O5S/c1-5-46-31-19-17-30(18-20-31)41(47(44,45)32-21-13-28(37)14-22-32)25-34(42)40(24-27-11-15-29(38)16-12-27)33(35(43)39-36(2,3)4)23-26-9-7-6-8-10-26/h6-22,33H,5,23-25H2,1-4H3,(H,39,43). The summed E-state index contributed by atoms with van der Waals surface area (Å²) in [6.07, 6.45) is 0.165. The van der Waals surface area contributed by atoms with Crippen molar-refractivity contribution in [3.05, 3.63) is 125 Å². The number of hydrogen-bond acceptors (Lipinski definition) is 5. The molecule has 4 rings (SSSR count). The van der Waals surface area contributed by atoms with Gasteiger partial charge in [-0.15, -0.1) is 0 Å². The van der Waals surface area contributed by atoms with Gasteiger partial charge in [0, 0.05) is 23.0 Å². The molecule has 0 aliphatic rings. The zero-order valence-electron chi connectivity index (χ0n) is 26.8. The van der Waals surface area contributed by atoms with Crippen LogP contribution in [0, 0.1) is 5.82 Å². The van der Waals surface area contributed by atoms with Gasteiger partial charge >= 0.3 is 0 Å². The number of nitrogens with one attached hydrogen (secondary N) is 1. The fraction of sp³-hybridized carbons (Fsp3) is 0.278. The molecular weight excluding hydrogens is 685 g/mol. The number of halogens is 2. The third-order valence-electron chi connectivity index (χ3n) is 7.15. The molecule has 8 nitrogen and oxygen atoms in total. The van der Waals surface area contributed by atoms with Crippen molar-refractivity contribution in [3.8, 4) is 5.75 Å². The second-order valence-corrected chi connectivity index (χ2v) is 14.8. The topological polar surface area (TPSA) is 96.0 Å². The summed E-state index contributed by atoms with van der Waals surface area (Å²) >= 11 is 3.34. The highest BCUT2D eigenvalue weighted by atomic mass is 79.9. The summed E-state index contributed by atoms with van der Waals surface area (Å²) in [6.45, 7) is 7.12. The molecular formula is C36H39BrFN3O5S. The largest absolute Gasteiger partial charge is 0.494 e. The SMILES string of the molecule is CCOc1ccc(N(CC(=O)N(Cc2ccc(F)cc2)C(Cc2ccccc2)C(=O)NC(C)(C)C)S(=O)(=O)c2ccc(Br)cc2)cc1. The maximum absolute atomic E-state index is 14.5. The molecule has 0 aliphatic carbocycles. The van der Waals surface area contributed by atoms with E-state index in [4.69, 9.17) is 4.74 Å². The highest BCUT2D eigenvalue weighted by Crippen LogP contribution is 2.28. The Morgan fingerprint density at radius 3 is 2.06 bits per heavy atom. The lowest BCUT2D eigenvalue weighted by atomic mass is 10.0. The summed E-state index contributed by atoms with van der Waals surface area (Å²) in [7, 11) is -4.26. The average Bonchev–Trinajstić information content (AvgIpc) is 3.03. The number of sulfonamides is 1. The predicted molar refractivity (Wildman–Crippen MR) is 185 cm³/mol. The van der Waals surface area contributed by atoms with E-state index in [9.17, 15) is 22.4 Å². The Labute approximate surface area is 284 Å². The summed E-state index contributed by atoms with van der Waals surface area (Å²) in [4.78, 5) is 29.8. The maximum Gasteiger partial charge on any atom is 0.264 e. The molecule has 0 heterocycles.